The lowest BCUT2D eigenvalue weighted by molar-refractivity contribution is -0.172. The van der Waals surface area contributed by atoms with Gasteiger partial charge in [-0.05, 0) is 152 Å². The smallest absolute Gasteiger partial charge is 0.343 e. The summed E-state index contributed by atoms with van der Waals surface area (Å²) >= 11 is 0. The van der Waals surface area contributed by atoms with E-state index in [2.05, 4.69) is 52.7 Å². The van der Waals surface area contributed by atoms with E-state index >= 15 is 0 Å². The van der Waals surface area contributed by atoms with Gasteiger partial charge in [-0.25, -0.2) is 27.7 Å². The molecular formula is C65H63N9O9S. The van der Waals surface area contributed by atoms with Gasteiger partial charge in [0.1, 0.15) is 18.1 Å². The number of aryl methyl sites for hydroxylation is 1. The van der Waals surface area contributed by atoms with Crippen LogP contribution in [0.2, 0.25) is 0 Å². The highest BCUT2D eigenvalue weighted by atomic mass is 32.2. The molecule has 18 nitrogen and oxygen atoms in total. The molecule has 8 heterocycles. The van der Waals surface area contributed by atoms with Crippen molar-refractivity contribution in [3.8, 4) is 22.9 Å². The number of pyridine rings is 6. The van der Waals surface area contributed by atoms with Crippen LogP contribution >= 0.6 is 0 Å². The van der Waals surface area contributed by atoms with E-state index in [-0.39, 0.29) is 59.0 Å². The van der Waals surface area contributed by atoms with Crippen LogP contribution in [0, 0.1) is 0 Å². The Morgan fingerprint density at radius 3 is 1.81 bits per heavy atom. The Morgan fingerprint density at radius 2 is 1.27 bits per heavy atom. The lowest BCUT2D eigenvalue weighted by Crippen LogP contribution is -2.44. The molecule has 0 radical (unpaired) electrons. The Hall–Kier alpha value is -8.85. The first-order valence-electron chi connectivity index (χ1n) is 28.1. The quantitative estimate of drug-likeness (QED) is 0.0327. The van der Waals surface area contributed by atoms with Crippen LogP contribution < -0.4 is 19.8 Å². The number of esters is 2. The molecule has 6 aromatic heterocycles. The average molecular weight is 1150 g/mol. The predicted octanol–water partition coefficient (Wildman–Crippen LogP) is 8.98. The van der Waals surface area contributed by atoms with Crippen LogP contribution in [0.15, 0.2) is 174 Å². The zero-order valence-electron chi connectivity index (χ0n) is 46.7. The number of aromatic nitrogens is 6. The molecule has 0 saturated heterocycles. The molecule has 1 atom stereocenters. The van der Waals surface area contributed by atoms with Gasteiger partial charge >= 0.3 is 11.9 Å². The number of carbonyl (C=O) groups excluding carboxylic acids is 2. The maximum atomic E-state index is 13.8. The summed E-state index contributed by atoms with van der Waals surface area (Å²) in [4.78, 5) is 68.1. The number of ether oxygens (including phenoxy) is 3. The minimum atomic E-state index is -3.93. The number of hydrogen-bond acceptors (Lipinski definition) is 16. The van der Waals surface area contributed by atoms with E-state index in [9.17, 15) is 27.9 Å². The first kappa shape index (κ1) is 57.0. The molecule has 2 aliphatic heterocycles. The van der Waals surface area contributed by atoms with Gasteiger partial charge in [0.15, 0.2) is 5.60 Å². The molecule has 0 fully saturated rings. The number of carbonyl (C=O) groups is 2. The molecule has 19 heteroatoms. The molecule has 0 amide bonds. The van der Waals surface area contributed by atoms with Crippen molar-refractivity contribution in [1.29, 1.82) is 0 Å². The standard InChI is InChI=1S/C65H63N9O9S/c1-3-54-55-34-51(21-24-59(55)71-61-56(54)42-74-60(61)35-58-57(62(74)75)43-82-64(77)65(58,78)4-2)83-63(76)46-19-22-53(23-20-46)84(79,80)70-29-13-14-30-81-52-32-44(36-72(38-47-15-5-9-25-66-47)39-48-16-6-10-26-67-48)31-45(33-52)37-73(40-49-17-7-11-27-68-49)41-50-18-8-12-28-69-50/h5-12,15-28,31-35,70,78H,3-4,13-14,29-30,36-43H2,1-2H3/t65-/m1/s1. The molecule has 0 saturated carbocycles. The highest BCUT2D eigenvalue weighted by Crippen LogP contribution is 2.41. The molecule has 2 N–H and O–H groups in total. The van der Waals surface area contributed by atoms with Gasteiger partial charge in [-0.1, -0.05) is 44.2 Å². The maximum absolute atomic E-state index is 13.8. The zero-order valence-corrected chi connectivity index (χ0v) is 47.5. The lowest BCUT2D eigenvalue weighted by Gasteiger charge is -2.31. The minimum absolute atomic E-state index is 0.00223. The summed E-state index contributed by atoms with van der Waals surface area (Å²) in [6, 6.07) is 42.4. The number of nitrogens with zero attached hydrogens (tertiary/aromatic N) is 8. The van der Waals surface area contributed by atoms with E-state index in [0.29, 0.717) is 87.8 Å². The van der Waals surface area contributed by atoms with Crippen molar-refractivity contribution in [2.24, 2.45) is 0 Å². The summed E-state index contributed by atoms with van der Waals surface area (Å²) in [5.41, 5.74) is 7.61. The molecule has 428 valence electrons. The van der Waals surface area contributed by atoms with Crippen LogP contribution in [0.25, 0.3) is 22.3 Å². The number of cyclic esters (lactones) is 1. The maximum Gasteiger partial charge on any atom is 0.343 e. The fourth-order valence-electron chi connectivity index (χ4n) is 11.0. The molecule has 0 bridgehead atoms. The van der Waals surface area contributed by atoms with Crippen molar-refractivity contribution in [3.63, 3.8) is 0 Å². The Kier molecular flexibility index (Phi) is 17.2. The first-order valence-corrected chi connectivity index (χ1v) is 29.6. The van der Waals surface area contributed by atoms with Gasteiger partial charge in [0.25, 0.3) is 5.56 Å². The Bertz CT molecular complexity index is 3820. The minimum Gasteiger partial charge on any atom is -0.494 e. The summed E-state index contributed by atoms with van der Waals surface area (Å²) in [5.74, 6) is -0.513. The van der Waals surface area contributed by atoms with Crippen molar-refractivity contribution in [3.05, 3.63) is 236 Å². The zero-order chi connectivity index (χ0) is 58.2. The molecule has 0 aliphatic carbocycles. The largest absolute Gasteiger partial charge is 0.494 e. The predicted molar refractivity (Wildman–Crippen MR) is 315 cm³/mol. The van der Waals surface area contributed by atoms with Crippen LogP contribution in [0.1, 0.15) is 99.6 Å². The number of rotatable bonds is 24. The van der Waals surface area contributed by atoms with E-state index in [0.717, 1.165) is 50.4 Å². The number of nitrogens with one attached hydrogen (secondary N) is 1. The fraction of sp³-hybridized carbons (Fsp3) is 0.262. The van der Waals surface area contributed by atoms with Crippen molar-refractivity contribution in [2.45, 2.75) is 102 Å². The summed E-state index contributed by atoms with van der Waals surface area (Å²) in [5, 5.41) is 12.0. The molecule has 84 heavy (non-hydrogen) atoms. The van der Waals surface area contributed by atoms with E-state index in [1.54, 1.807) is 60.5 Å². The summed E-state index contributed by atoms with van der Waals surface area (Å²) in [7, 11) is -3.93. The SMILES string of the molecule is CCc1c2c(nc3ccc(OC(=O)c4ccc(S(=O)(=O)NCCCCOc5cc(CN(Cc6ccccn6)Cc6ccccn6)cc(CN(Cc6ccccn6)Cc6ccccn6)c5)cc4)cc13)-c1cc3c(c(=O)n1C2)COC(=O)[C@@]3(O)CC. The molecular weight excluding hydrogens is 1080 g/mol. The second kappa shape index (κ2) is 25.3. The Balaban J connectivity index is 0.730. The van der Waals surface area contributed by atoms with Crippen molar-refractivity contribution in [1.82, 2.24) is 44.0 Å². The second-order valence-electron chi connectivity index (χ2n) is 21.0. The van der Waals surface area contributed by atoms with Crippen LogP contribution in [0.5, 0.6) is 11.5 Å². The molecule has 3 aromatic carbocycles. The summed E-state index contributed by atoms with van der Waals surface area (Å²) < 4.78 is 48.8. The van der Waals surface area contributed by atoms with E-state index in [1.807, 2.05) is 79.7 Å². The third kappa shape index (κ3) is 12.8. The van der Waals surface area contributed by atoms with Crippen LogP contribution in [0.3, 0.4) is 0 Å². The molecule has 11 rings (SSSR count). The van der Waals surface area contributed by atoms with Gasteiger partial charge in [0.2, 0.25) is 10.0 Å². The van der Waals surface area contributed by atoms with Crippen LogP contribution in [-0.2, 0) is 84.0 Å². The molecule has 2 aliphatic rings. The highest BCUT2D eigenvalue weighted by molar-refractivity contribution is 7.89. The molecule has 0 spiro atoms. The second-order valence-corrected chi connectivity index (χ2v) is 22.7. The van der Waals surface area contributed by atoms with Crippen LogP contribution in [0.4, 0.5) is 0 Å². The molecule has 9 aromatic rings. The number of sulfonamides is 1. The van der Waals surface area contributed by atoms with Gasteiger partial charge < -0.3 is 23.9 Å². The summed E-state index contributed by atoms with van der Waals surface area (Å²) in [6.45, 7) is 7.75. The number of benzene rings is 3. The average Bonchev–Trinajstić information content (AvgIpc) is 1.65. The van der Waals surface area contributed by atoms with Crippen molar-refractivity contribution < 1.29 is 37.3 Å². The van der Waals surface area contributed by atoms with Gasteiger partial charge in [0, 0.05) is 87.1 Å². The monoisotopic (exact) mass is 1150 g/mol. The normalized spacial score (nSPS) is 14.5. The van der Waals surface area contributed by atoms with Crippen molar-refractivity contribution >= 4 is 32.9 Å². The number of unbranched alkanes of at least 4 members (excludes halogenated alkanes) is 1. The number of hydrogen-bond donors (Lipinski definition) is 2. The number of aliphatic hydroxyl groups is 1. The van der Waals surface area contributed by atoms with Crippen LogP contribution in [-0.4, -0.2) is 77.9 Å². The van der Waals surface area contributed by atoms with E-state index < -0.39 is 27.6 Å². The van der Waals surface area contributed by atoms with Gasteiger partial charge in [-0.15, -0.1) is 0 Å². The lowest BCUT2D eigenvalue weighted by atomic mass is 9.86. The van der Waals surface area contributed by atoms with E-state index in [1.165, 1.54) is 24.3 Å². The van der Waals surface area contributed by atoms with Gasteiger partial charge in [-0.3, -0.25) is 34.5 Å². The van der Waals surface area contributed by atoms with Gasteiger partial charge in [-0.2, -0.15) is 0 Å². The summed E-state index contributed by atoms with van der Waals surface area (Å²) in [6.07, 6.45) is 8.89. The first-order chi connectivity index (χ1) is 40.8. The van der Waals surface area contributed by atoms with Gasteiger partial charge in [0.05, 0.1) is 68.9 Å². The highest BCUT2D eigenvalue weighted by Gasteiger charge is 2.45. The van der Waals surface area contributed by atoms with Crippen molar-refractivity contribution in [2.75, 3.05) is 13.2 Å². The molecule has 0 unspecified atom stereocenters. The fourth-order valence-corrected chi connectivity index (χ4v) is 12.1. The number of fused-ring (bicyclic) bond motifs is 5. The van der Waals surface area contributed by atoms with E-state index in [4.69, 9.17) is 19.2 Å². The Labute approximate surface area is 486 Å². The topological polar surface area (TPSA) is 221 Å². The third-order valence-corrected chi connectivity index (χ3v) is 16.6. The third-order valence-electron chi connectivity index (χ3n) is 15.2. The Morgan fingerprint density at radius 1 is 0.690 bits per heavy atom.